The summed E-state index contributed by atoms with van der Waals surface area (Å²) in [5, 5.41) is 2.39. The van der Waals surface area contributed by atoms with E-state index in [-0.39, 0.29) is 23.7 Å². The maximum absolute atomic E-state index is 12.9. The van der Waals surface area contributed by atoms with E-state index in [1.54, 1.807) is 17.7 Å². The summed E-state index contributed by atoms with van der Waals surface area (Å²) < 4.78 is 78.7. The predicted octanol–water partition coefficient (Wildman–Crippen LogP) is 20.8. The average Bonchev–Trinajstić information content (AvgIpc) is 1.57. The van der Waals surface area contributed by atoms with Crippen molar-refractivity contribution in [2.24, 2.45) is 0 Å². The van der Waals surface area contributed by atoms with Gasteiger partial charge < -0.3 is 23.7 Å². The first kappa shape index (κ1) is 72.8. The Morgan fingerprint density at radius 3 is 1.30 bits per heavy atom. The summed E-state index contributed by atoms with van der Waals surface area (Å²) in [7, 11) is 0. The van der Waals surface area contributed by atoms with Crippen molar-refractivity contribution in [2.45, 2.75) is 58.5 Å². The molecule has 5 heterocycles. The van der Waals surface area contributed by atoms with Gasteiger partial charge in [0.2, 0.25) is 28.4 Å². The molecule has 0 aromatic heterocycles. The van der Waals surface area contributed by atoms with E-state index in [0.29, 0.717) is 54.9 Å². The third-order valence-corrected chi connectivity index (χ3v) is 20.9. The highest BCUT2D eigenvalue weighted by molar-refractivity contribution is 6.23. The highest BCUT2D eigenvalue weighted by Gasteiger charge is 2.37. The van der Waals surface area contributed by atoms with Crippen LogP contribution in [0.15, 0.2) is 291 Å². The van der Waals surface area contributed by atoms with Gasteiger partial charge in [0.25, 0.3) is 33.7 Å². The van der Waals surface area contributed by atoms with E-state index in [9.17, 15) is 22.8 Å². The van der Waals surface area contributed by atoms with E-state index in [1.807, 2.05) is 200 Å². The molecule has 0 spiro atoms. The number of ketones is 2. The third-order valence-electron chi connectivity index (χ3n) is 20.9. The van der Waals surface area contributed by atoms with Gasteiger partial charge in [0.05, 0.1) is 33.4 Å². The summed E-state index contributed by atoms with van der Waals surface area (Å²) in [4.78, 5) is 25.4. The standard InChI is InChI=1S/C22H18NO2.C21H14NO2.C20H22NO.C18H14NO.C16H13F3NO/c1-16-12-18(21(24)17-8-4-2-5-9-17)13-19-14-23(15-25-22(16)19)20-10-6-3-7-11-20;23-20-17-9-5-4-8-16(17)19-18(20)11-10-14-12-22(13-24-21(14)19)15-6-2-1-3-7-15;1-20(2)12-6-7-15-10-11-16-13-21(14-22-19(16)18(15)20)17-8-4-3-5-9-17;1-2-7-16(8-3-1)19-12-15-11-10-14-6-4-5-9-17(14)18(15)20-13-19;1-11-7-13(16(17,18)19)8-12-9-20(10-21-15(11)12)14-5-3-2-4-6-14/h2-14H,15H2,1H3;1-12H,13H2;3-5,8-11,13H,6-7,12,14H2,1-2H3;1-12H,13H2;2-9H,10H2,1H3/q5*+1. The highest BCUT2D eigenvalue weighted by atomic mass is 19.4. The topological polar surface area (TPSA) is 95.3 Å². The lowest BCUT2D eigenvalue weighted by molar-refractivity contribution is -0.476. The number of aryl methyl sites for hydroxylation is 3. The van der Waals surface area contributed by atoms with Gasteiger partial charge in [0.15, 0.2) is 42.6 Å². The molecule has 0 bridgehead atoms. The summed E-state index contributed by atoms with van der Waals surface area (Å²) >= 11 is 0. The Morgan fingerprint density at radius 2 is 0.777 bits per heavy atom. The molecule has 0 atom stereocenters. The first-order chi connectivity index (χ1) is 54.6. The minimum absolute atomic E-state index is 0.0248. The number of carbonyl (C=O) groups excluding carboxylic acids is 2. The van der Waals surface area contributed by atoms with Crippen LogP contribution < -0.4 is 23.7 Å². The van der Waals surface area contributed by atoms with Gasteiger partial charge >= 0.3 is 6.18 Å². The maximum atomic E-state index is 12.9. The fourth-order valence-corrected chi connectivity index (χ4v) is 15.4. The number of nitrogens with zero attached hydrogens (tertiary/aromatic N) is 5. The Hall–Kier alpha value is -13.4. The molecule has 0 saturated heterocycles. The molecule has 0 amide bonds. The molecule has 0 N–H and O–H groups in total. The number of hydrogen-bond acceptors (Lipinski definition) is 7. The van der Waals surface area contributed by atoms with Crippen LogP contribution >= 0.6 is 0 Å². The minimum atomic E-state index is -4.36. The lowest BCUT2D eigenvalue weighted by Gasteiger charge is -2.35. The van der Waals surface area contributed by atoms with Gasteiger partial charge in [0.1, 0.15) is 28.7 Å². The number of fused-ring (bicyclic) bond motifs is 13. The van der Waals surface area contributed by atoms with Crippen molar-refractivity contribution in [3.8, 4) is 39.9 Å². The van der Waals surface area contributed by atoms with Gasteiger partial charge in [-0.2, -0.15) is 36.0 Å². The molecule has 0 unspecified atom stereocenters. The number of alkyl halides is 3. The fourth-order valence-electron chi connectivity index (χ4n) is 15.4. The van der Waals surface area contributed by atoms with E-state index in [0.717, 1.165) is 102 Å². The Kier molecular flexibility index (Phi) is 20.6. The number of ether oxygens (including phenoxy) is 5. The van der Waals surface area contributed by atoms with Gasteiger partial charge in [-0.25, -0.2) is 0 Å². The second kappa shape index (κ2) is 31.7. The van der Waals surface area contributed by atoms with Crippen LogP contribution in [0.4, 0.5) is 41.6 Å². The summed E-state index contributed by atoms with van der Waals surface area (Å²) in [5.74, 6) is 4.35. The first-order valence-electron chi connectivity index (χ1n) is 37.5. The number of hydrogen-bond donors (Lipinski definition) is 0. The molecule has 5 aliphatic heterocycles. The van der Waals surface area contributed by atoms with E-state index in [1.165, 1.54) is 52.4 Å². The van der Waals surface area contributed by atoms with Gasteiger partial charge in [-0.05, 0) is 115 Å². The SMILES string of the molecule is C1=[N+](c2ccccc2)COc2c1ccc1ccccc21.CC1(C)CCCc2ccc3c(c21)OC[N+](c1ccccc1)=C3.Cc1cc(C(=O)c2ccccc2)cc2c1OC[N+](c1ccccc1)=C2.Cc1cc(C(F)(F)F)cc2c1OC[N+](c1ccccc1)=C2.O=C1c2ccccc2-c2c1ccc1c2OC[N+](c2ccccc2)=C1. The molecule has 552 valence electrons. The van der Waals surface area contributed by atoms with E-state index < -0.39 is 11.7 Å². The van der Waals surface area contributed by atoms with Crippen LogP contribution in [0.1, 0.15) is 114 Å². The summed E-state index contributed by atoms with van der Waals surface area (Å²) in [5.41, 5.74) is 18.7. The molecule has 15 heteroatoms. The molecule has 13 aromatic carbocycles. The number of rotatable bonds is 7. The summed E-state index contributed by atoms with van der Waals surface area (Å²) in [6.07, 6.45) is 9.53. The zero-order valence-electron chi connectivity index (χ0n) is 62.5. The highest BCUT2D eigenvalue weighted by Crippen LogP contribution is 2.47. The van der Waals surface area contributed by atoms with Crippen LogP contribution in [0.3, 0.4) is 0 Å². The molecule has 12 nitrogen and oxygen atoms in total. The third kappa shape index (κ3) is 15.4. The van der Waals surface area contributed by atoms with Crippen molar-refractivity contribution in [1.29, 1.82) is 0 Å². The van der Waals surface area contributed by atoms with Crippen molar-refractivity contribution in [2.75, 3.05) is 33.7 Å². The molecular weight excluding hydrogens is 1400 g/mol. The Bertz CT molecular complexity index is 5930. The number of halogens is 3. The van der Waals surface area contributed by atoms with Crippen molar-refractivity contribution < 1.29 is 69.3 Å². The predicted molar refractivity (Wildman–Crippen MR) is 434 cm³/mol. The number of benzene rings is 13. The molecule has 7 aliphatic rings. The Balaban J connectivity index is 0.000000106. The van der Waals surface area contributed by atoms with Crippen LogP contribution in [-0.4, -0.2) is 99.2 Å². The summed E-state index contributed by atoms with van der Waals surface area (Å²) in [6, 6.07) is 94.4. The van der Waals surface area contributed by atoms with Crippen LogP contribution in [0.2, 0.25) is 0 Å². The normalized spacial score (nSPS) is 14.7. The Morgan fingerprint density at radius 1 is 0.375 bits per heavy atom. The van der Waals surface area contributed by atoms with E-state index >= 15 is 0 Å². The lowest BCUT2D eigenvalue weighted by Crippen LogP contribution is -2.29. The monoisotopic (exact) mass is 1480 g/mol. The van der Waals surface area contributed by atoms with Crippen LogP contribution in [0.25, 0.3) is 21.9 Å². The van der Waals surface area contributed by atoms with Gasteiger partial charge in [0, 0.05) is 99.4 Å². The molecule has 2 aliphatic carbocycles. The minimum Gasteiger partial charge on any atom is -0.435 e. The van der Waals surface area contributed by atoms with Gasteiger partial charge in [-0.15, -0.1) is 0 Å². The maximum Gasteiger partial charge on any atom is 0.416 e. The van der Waals surface area contributed by atoms with Gasteiger partial charge in [-0.1, -0.05) is 196 Å². The van der Waals surface area contributed by atoms with Crippen molar-refractivity contribution in [3.63, 3.8) is 0 Å². The van der Waals surface area contributed by atoms with E-state index in [2.05, 4.69) is 143 Å². The number of carbonyl (C=O) groups is 2. The Labute approximate surface area is 648 Å². The quantitative estimate of drug-likeness (QED) is 0.116. The largest absolute Gasteiger partial charge is 0.435 e. The molecule has 0 saturated carbocycles. The summed E-state index contributed by atoms with van der Waals surface area (Å²) in [6.45, 7) is 10.6. The van der Waals surface area contributed by atoms with Gasteiger partial charge in [-0.3, -0.25) is 9.59 Å². The first-order valence-corrected chi connectivity index (χ1v) is 37.5. The lowest BCUT2D eigenvalue weighted by atomic mass is 9.71. The zero-order chi connectivity index (χ0) is 76.9. The van der Waals surface area contributed by atoms with Crippen LogP contribution in [0.5, 0.6) is 28.7 Å². The molecule has 13 aromatic rings. The smallest absolute Gasteiger partial charge is 0.416 e. The van der Waals surface area contributed by atoms with Crippen molar-refractivity contribution >= 4 is 81.8 Å². The molecule has 0 radical (unpaired) electrons. The molecule has 112 heavy (non-hydrogen) atoms. The second-order valence-corrected chi connectivity index (χ2v) is 28.9. The van der Waals surface area contributed by atoms with Crippen molar-refractivity contribution in [3.05, 3.63) is 369 Å². The zero-order valence-corrected chi connectivity index (χ0v) is 62.5. The second-order valence-electron chi connectivity index (χ2n) is 28.9. The van der Waals surface area contributed by atoms with Crippen molar-refractivity contribution in [1.82, 2.24) is 0 Å². The van der Waals surface area contributed by atoms with Crippen LogP contribution in [0, 0.1) is 13.8 Å². The fraction of sp³-hybridized carbons (Fsp3) is 0.144. The molecule has 20 rings (SSSR count). The average molecular weight is 1490 g/mol. The number of para-hydroxylation sites is 5. The molecular formula is C97H81F3N5O7+5. The van der Waals surface area contributed by atoms with Crippen LogP contribution in [-0.2, 0) is 18.0 Å². The molecule has 0 fully saturated rings. The van der Waals surface area contributed by atoms with E-state index in [4.69, 9.17) is 23.7 Å².